The lowest BCUT2D eigenvalue weighted by molar-refractivity contribution is 0.227. The lowest BCUT2D eigenvalue weighted by Crippen LogP contribution is -2.19. The summed E-state index contributed by atoms with van der Waals surface area (Å²) in [5.41, 5.74) is 3.35. The normalized spacial score (nSPS) is 18.5. The second-order valence-corrected chi connectivity index (χ2v) is 5.81. The van der Waals surface area contributed by atoms with Crippen molar-refractivity contribution < 1.29 is 9.13 Å². The van der Waals surface area contributed by atoms with E-state index in [0.717, 1.165) is 17.7 Å². The van der Waals surface area contributed by atoms with Crippen molar-refractivity contribution in [1.82, 2.24) is 0 Å². The second-order valence-electron chi connectivity index (χ2n) is 5.34. The minimum atomic E-state index is -0.277. The quantitative estimate of drug-likeness (QED) is 0.727. The van der Waals surface area contributed by atoms with Crippen LogP contribution in [0.15, 0.2) is 36.4 Å². The molecule has 0 spiro atoms. The molecule has 3 heteroatoms. The van der Waals surface area contributed by atoms with E-state index in [1.54, 1.807) is 13.8 Å². The summed E-state index contributed by atoms with van der Waals surface area (Å²) in [5, 5.41) is -0.277. The molecule has 20 heavy (non-hydrogen) atoms. The molecule has 0 radical (unpaired) electrons. The Hall–Kier alpha value is -1.54. The fourth-order valence-electron chi connectivity index (χ4n) is 2.73. The number of fused-ring (bicyclic) bond motifs is 1. The summed E-state index contributed by atoms with van der Waals surface area (Å²) in [7, 11) is 0. The molecule has 0 aromatic heterocycles. The molecule has 2 unspecified atom stereocenters. The summed E-state index contributed by atoms with van der Waals surface area (Å²) in [6.07, 6.45) is 0.693. The Bertz CT molecular complexity index is 605. The number of hydrogen-bond donors (Lipinski definition) is 0. The molecule has 2 atom stereocenters. The first-order valence-electron chi connectivity index (χ1n) is 6.71. The first kappa shape index (κ1) is 13.4. The van der Waals surface area contributed by atoms with Crippen LogP contribution in [0.5, 0.6) is 5.75 Å². The van der Waals surface area contributed by atoms with E-state index < -0.39 is 0 Å². The van der Waals surface area contributed by atoms with Gasteiger partial charge in [-0.15, -0.1) is 11.6 Å². The number of aryl methyl sites for hydroxylation is 2. The Labute approximate surface area is 123 Å². The maximum absolute atomic E-state index is 13.7. The van der Waals surface area contributed by atoms with Crippen LogP contribution in [0.3, 0.4) is 0 Å². The highest BCUT2D eigenvalue weighted by atomic mass is 35.5. The number of hydrogen-bond acceptors (Lipinski definition) is 1. The SMILES string of the molecule is Cc1cc(C(Cl)C2Cc3ccccc3O2)cc(C)c1F. The van der Waals surface area contributed by atoms with E-state index in [4.69, 9.17) is 16.3 Å². The second kappa shape index (κ2) is 5.10. The molecule has 1 aliphatic rings. The van der Waals surface area contributed by atoms with Crippen molar-refractivity contribution in [3.8, 4) is 5.75 Å². The van der Waals surface area contributed by atoms with Gasteiger partial charge in [-0.1, -0.05) is 30.3 Å². The molecular formula is C17H16ClFO. The van der Waals surface area contributed by atoms with E-state index in [1.807, 2.05) is 30.3 Å². The third-order valence-electron chi connectivity index (χ3n) is 3.78. The molecule has 0 amide bonds. The molecule has 0 bridgehead atoms. The van der Waals surface area contributed by atoms with Crippen molar-refractivity contribution in [2.75, 3.05) is 0 Å². The molecule has 1 heterocycles. The third kappa shape index (κ3) is 2.29. The van der Waals surface area contributed by atoms with Crippen LogP contribution < -0.4 is 4.74 Å². The van der Waals surface area contributed by atoms with Gasteiger partial charge >= 0.3 is 0 Å². The molecule has 0 saturated carbocycles. The van der Waals surface area contributed by atoms with Gasteiger partial charge in [0.2, 0.25) is 0 Å². The van der Waals surface area contributed by atoms with Gasteiger partial charge in [0.1, 0.15) is 17.7 Å². The molecule has 0 fully saturated rings. The summed E-state index contributed by atoms with van der Waals surface area (Å²) < 4.78 is 19.6. The zero-order valence-corrected chi connectivity index (χ0v) is 12.2. The van der Waals surface area contributed by atoms with Gasteiger partial charge in [-0.25, -0.2) is 4.39 Å². The Morgan fingerprint density at radius 2 is 1.85 bits per heavy atom. The highest BCUT2D eigenvalue weighted by Crippen LogP contribution is 2.37. The predicted octanol–water partition coefficient (Wildman–Crippen LogP) is 4.73. The fourth-order valence-corrected chi connectivity index (χ4v) is 2.99. The van der Waals surface area contributed by atoms with Crippen LogP contribution in [0.25, 0.3) is 0 Å². The fraction of sp³-hybridized carbons (Fsp3) is 0.294. The van der Waals surface area contributed by atoms with Gasteiger partial charge in [-0.2, -0.15) is 0 Å². The maximum atomic E-state index is 13.7. The summed E-state index contributed by atoms with van der Waals surface area (Å²) in [4.78, 5) is 0. The van der Waals surface area contributed by atoms with E-state index in [-0.39, 0.29) is 17.3 Å². The van der Waals surface area contributed by atoms with Gasteiger partial charge in [-0.3, -0.25) is 0 Å². The number of para-hydroxylation sites is 1. The first-order chi connectivity index (χ1) is 9.56. The van der Waals surface area contributed by atoms with Crippen LogP contribution >= 0.6 is 11.6 Å². The van der Waals surface area contributed by atoms with Gasteiger partial charge in [0.05, 0.1) is 5.38 Å². The van der Waals surface area contributed by atoms with Crippen LogP contribution in [-0.4, -0.2) is 6.10 Å². The van der Waals surface area contributed by atoms with Gasteiger partial charge < -0.3 is 4.74 Å². The molecule has 2 aromatic carbocycles. The Morgan fingerprint density at radius 3 is 2.50 bits per heavy atom. The average Bonchev–Trinajstić information content (AvgIpc) is 2.87. The monoisotopic (exact) mass is 290 g/mol. The summed E-state index contributed by atoms with van der Waals surface area (Å²) >= 11 is 6.55. The van der Waals surface area contributed by atoms with Crippen LogP contribution in [0, 0.1) is 19.7 Å². The minimum absolute atomic E-state index is 0.0988. The Balaban J connectivity index is 1.86. The van der Waals surface area contributed by atoms with Crippen LogP contribution in [0.1, 0.15) is 27.6 Å². The average molecular weight is 291 g/mol. The zero-order valence-electron chi connectivity index (χ0n) is 11.5. The number of ether oxygens (including phenoxy) is 1. The predicted molar refractivity (Wildman–Crippen MR) is 79.0 cm³/mol. The van der Waals surface area contributed by atoms with Crippen molar-refractivity contribution in [2.24, 2.45) is 0 Å². The number of alkyl halides is 1. The van der Waals surface area contributed by atoms with Gasteiger partial charge in [0.15, 0.2) is 0 Å². The highest BCUT2D eigenvalue weighted by Gasteiger charge is 2.30. The molecule has 0 aliphatic carbocycles. The largest absolute Gasteiger partial charge is 0.488 e. The summed E-state index contributed by atoms with van der Waals surface area (Å²) in [6, 6.07) is 11.6. The summed E-state index contributed by atoms with van der Waals surface area (Å²) in [6.45, 7) is 3.53. The number of halogens is 2. The van der Waals surface area contributed by atoms with Crippen LogP contribution in [-0.2, 0) is 6.42 Å². The van der Waals surface area contributed by atoms with Crippen molar-refractivity contribution in [2.45, 2.75) is 31.7 Å². The van der Waals surface area contributed by atoms with Gasteiger partial charge in [0.25, 0.3) is 0 Å². The van der Waals surface area contributed by atoms with Gasteiger partial charge in [0, 0.05) is 6.42 Å². The first-order valence-corrected chi connectivity index (χ1v) is 7.15. The molecule has 0 saturated heterocycles. The number of benzene rings is 2. The standard InChI is InChI=1S/C17H16ClFO/c1-10-7-13(8-11(2)17(10)19)16(18)15-9-12-5-3-4-6-14(12)20-15/h3-8,15-16H,9H2,1-2H3. The van der Waals surface area contributed by atoms with E-state index in [0.29, 0.717) is 11.1 Å². The van der Waals surface area contributed by atoms with E-state index in [1.165, 1.54) is 5.56 Å². The van der Waals surface area contributed by atoms with Crippen molar-refractivity contribution in [1.29, 1.82) is 0 Å². The Morgan fingerprint density at radius 1 is 1.20 bits per heavy atom. The molecule has 2 aromatic rings. The minimum Gasteiger partial charge on any atom is -0.488 e. The molecule has 1 aliphatic heterocycles. The Kier molecular flexibility index (Phi) is 3.43. The highest BCUT2D eigenvalue weighted by molar-refractivity contribution is 6.21. The van der Waals surface area contributed by atoms with E-state index in [2.05, 4.69) is 6.07 Å². The topological polar surface area (TPSA) is 9.23 Å². The molecular weight excluding hydrogens is 275 g/mol. The lowest BCUT2D eigenvalue weighted by atomic mass is 9.99. The van der Waals surface area contributed by atoms with Gasteiger partial charge in [-0.05, 0) is 42.2 Å². The van der Waals surface area contributed by atoms with Crippen LogP contribution in [0.2, 0.25) is 0 Å². The van der Waals surface area contributed by atoms with Crippen molar-refractivity contribution in [3.05, 3.63) is 64.5 Å². The summed E-state index contributed by atoms with van der Waals surface area (Å²) in [5.74, 6) is 0.743. The number of rotatable bonds is 2. The molecule has 104 valence electrons. The molecule has 3 rings (SSSR count). The zero-order chi connectivity index (χ0) is 14.3. The third-order valence-corrected chi connectivity index (χ3v) is 4.31. The lowest BCUT2D eigenvalue weighted by Gasteiger charge is -2.19. The van der Waals surface area contributed by atoms with E-state index in [9.17, 15) is 4.39 Å². The van der Waals surface area contributed by atoms with Crippen molar-refractivity contribution in [3.63, 3.8) is 0 Å². The maximum Gasteiger partial charge on any atom is 0.129 e. The van der Waals surface area contributed by atoms with Crippen LogP contribution in [0.4, 0.5) is 4.39 Å². The smallest absolute Gasteiger partial charge is 0.129 e. The van der Waals surface area contributed by atoms with E-state index >= 15 is 0 Å². The molecule has 0 N–H and O–H groups in total. The van der Waals surface area contributed by atoms with Crippen molar-refractivity contribution >= 4 is 11.6 Å². The molecule has 1 nitrogen and oxygen atoms in total.